The second-order valence-electron chi connectivity index (χ2n) is 14.5. The highest BCUT2D eigenvalue weighted by atomic mass is 16.7. The number of unbranched alkanes of at least 4 members (excludes halogenated alkanes) is 1. The van der Waals surface area contributed by atoms with Gasteiger partial charge in [-0.15, -0.1) is 0 Å². The van der Waals surface area contributed by atoms with Gasteiger partial charge >= 0.3 is 6.09 Å². The van der Waals surface area contributed by atoms with Crippen molar-refractivity contribution in [1.82, 2.24) is 10.2 Å². The quantitative estimate of drug-likeness (QED) is 0.0817. The monoisotopic (exact) mass is 786 g/mol. The molecule has 2 saturated heterocycles. The molecule has 2 aliphatic heterocycles. The standard InChI is InChI=1S/C41H58N2O13/c1-26-52-24-35(46)39(55-26)37(48)33(44)21-43(22-34(45)38(49)40-36(47)25-53-27(2)56-40)17-8-18-51-32-15-14-30-19-28(12-13-31(30)20-32)9-6-7-16-42-41(50)54-23-29-10-4-3-5-11-29/h3-5,10-15,19-20,26-27,33-40,44-49H,6-9,16-18,21-25H2,1-2H3,(H,42,50)/t26?,27?,33-,34-,35+,36+,37+,38+,39+,40+/m0/s1. The first kappa shape index (κ1) is 43.7. The van der Waals surface area contributed by atoms with E-state index in [9.17, 15) is 35.4 Å². The maximum absolute atomic E-state index is 12.0. The molecular weight excluding hydrogens is 728 g/mol. The van der Waals surface area contributed by atoms with Gasteiger partial charge in [0.15, 0.2) is 12.6 Å². The molecule has 15 heteroatoms. The number of hydrogen-bond donors (Lipinski definition) is 7. The minimum absolute atomic E-state index is 0.0572. The number of alkyl carbamates (subject to hydrolysis) is 1. The molecule has 2 unspecified atom stereocenters. The molecule has 1 amide bonds. The maximum Gasteiger partial charge on any atom is 0.407 e. The number of carbonyl (C=O) groups is 1. The normalized spacial score (nSPS) is 25.0. The van der Waals surface area contributed by atoms with Crippen LogP contribution in [0.15, 0.2) is 66.7 Å². The molecule has 310 valence electrons. The average Bonchev–Trinajstić information content (AvgIpc) is 3.20. The van der Waals surface area contributed by atoms with E-state index in [2.05, 4.69) is 23.5 Å². The molecule has 3 aromatic carbocycles. The third kappa shape index (κ3) is 13.3. The molecule has 56 heavy (non-hydrogen) atoms. The van der Waals surface area contributed by atoms with Crippen molar-refractivity contribution in [3.63, 3.8) is 0 Å². The van der Waals surface area contributed by atoms with Crippen molar-refractivity contribution in [3.05, 3.63) is 77.9 Å². The first-order chi connectivity index (χ1) is 27.0. The van der Waals surface area contributed by atoms with Crippen LogP contribution < -0.4 is 10.1 Å². The van der Waals surface area contributed by atoms with Crippen LogP contribution in [0.25, 0.3) is 10.8 Å². The van der Waals surface area contributed by atoms with Crippen LogP contribution in [0.4, 0.5) is 4.79 Å². The van der Waals surface area contributed by atoms with Crippen molar-refractivity contribution in [3.8, 4) is 5.75 Å². The summed E-state index contributed by atoms with van der Waals surface area (Å²) in [6, 6.07) is 21.7. The lowest BCUT2D eigenvalue weighted by Crippen LogP contribution is -2.57. The summed E-state index contributed by atoms with van der Waals surface area (Å²) in [6.45, 7) is 4.25. The van der Waals surface area contributed by atoms with Gasteiger partial charge in [-0.1, -0.05) is 54.6 Å². The molecule has 2 fully saturated rings. The predicted octanol–water partition coefficient (Wildman–Crippen LogP) is 1.85. The number of carbonyl (C=O) groups excluding carboxylic acids is 1. The molecule has 0 spiro atoms. The molecule has 7 N–H and O–H groups in total. The molecule has 0 bridgehead atoms. The number of benzene rings is 3. The number of rotatable bonds is 20. The van der Waals surface area contributed by atoms with E-state index in [1.165, 1.54) is 5.56 Å². The van der Waals surface area contributed by atoms with E-state index in [0.29, 0.717) is 31.9 Å². The van der Waals surface area contributed by atoms with Crippen LogP contribution in [0.3, 0.4) is 0 Å². The second-order valence-corrected chi connectivity index (χ2v) is 14.5. The molecular formula is C41H58N2O13. The van der Waals surface area contributed by atoms with Crippen molar-refractivity contribution in [1.29, 1.82) is 0 Å². The molecule has 5 rings (SSSR count). The van der Waals surface area contributed by atoms with Crippen LogP contribution in [-0.2, 0) is 36.7 Å². The zero-order valence-corrected chi connectivity index (χ0v) is 32.1. The summed E-state index contributed by atoms with van der Waals surface area (Å²) >= 11 is 0. The first-order valence-electron chi connectivity index (χ1n) is 19.4. The molecule has 2 heterocycles. The highest BCUT2D eigenvalue weighted by Crippen LogP contribution is 2.24. The van der Waals surface area contributed by atoms with E-state index in [4.69, 9.17) is 28.4 Å². The Kier molecular flexibility index (Phi) is 17.1. The number of amides is 1. The van der Waals surface area contributed by atoms with E-state index in [1.54, 1.807) is 18.7 Å². The summed E-state index contributed by atoms with van der Waals surface area (Å²) in [5.74, 6) is 0.674. The number of nitrogens with zero attached hydrogens (tertiary/aromatic N) is 1. The number of aryl methyl sites for hydroxylation is 1. The fourth-order valence-corrected chi connectivity index (χ4v) is 6.83. The summed E-state index contributed by atoms with van der Waals surface area (Å²) < 4.78 is 32.9. The van der Waals surface area contributed by atoms with Crippen molar-refractivity contribution in [2.24, 2.45) is 0 Å². The fourth-order valence-electron chi connectivity index (χ4n) is 6.83. The minimum Gasteiger partial charge on any atom is -0.494 e. The Morgan fingerprint density at radius 3 is 2.04 bits per heavy atom. The zero-order chi connectivity index (χ0) is 40.0. The largest absolute Gasteiger partial charge is 0.494 e. The molecule has 10 atom stereocenters. The Bertz CT molecular complexity index is 1580. The van der Waals surface area contributed by atoms with Crippen LogP contribution in [0.1, 0.15) is 44.2 Å². The molecule has 0 saturated carbocycles. The Balaban J connectivity index is 1.08. The van der Waals surface area contributed by atoms with Crippen LogP contribution in [0.2, 0.25) is 0 Å². The summed E-state index contributed by atoms with van der Waals surface area (Å²) in [4.78, 5) is 13.7. The lowest BCUT2D eigenvalue weighted by molar-refractivity contribution is -0.274. The Morgan fingerprint density at radius 2 is 1.39 bits per heavy atom. The highest BCUT2D eigenvalue weighted by Gasteiger charge is 2.40. The van der Waals surface area contributed by atoms with Gasteiger partial charge in [-0.2, -0.15) is 0 Å². The van der Waals surface area contributed by atoms with Crippen LogP contribution in [0.5, 0.6) is 5.75 Å². The van der Waals surface area contributed by atoms with Crippen LogP contribution in [0, 0.1) is 0 Å². The van der Waals surface area contributed by atoms with E-state index in [-0.39, 0.29) is 32.9 Å². The summed E-state index contributed by atoms with van der Waals surface area (Å²) in [6.07, 6.45) is -8.88. The molecule has 0 aromatic heterocycles. The number of aliphatic hydroxyl groups excluding tert-OH is 6. The summed E-state index contributed by atoms with van der Waals surface area (Å²) in [7, 11) is 0. The molecule has 2 aliphatic rings. The van der Waals surface area contributed by atoms with Gasteiger partial charge in [0, 0.05) is 26.2 Å². The summed E-state index contributed by atoms with van der Waals surface area (Å²) in [5, 5.41) is 69.4. The lowest BCUT2D eigenvalue weighted by Gasteiger charge is -2.39. The third-order valence-corrected chi connectivity index (χ3v) is 9.95. The topological polar surface area (TPSA) is 209 Å². The molecule has 3 aromatic rings. The van der Waals surface area contributed by atoms with Gasteiger partial charge in [0.25, 0.3) is 0 Å². The molecule has 15 nitrogen and oxygen atoms in total. The van der Waals surface area contributed by atoms with Gasteiger partial charge in [-0.25, -0.2) is 4.79 Å². The van der Waals surface area contributed by atoms with Crippen LogP contribution in [-0.4, -0.2) is 149 Å². The van der Waals surface area contributed by atoms with E-state index >= 15 is 0 Å². The maximum atomic E-state index is 12.0. The van der Waals surface area contributed by atoms with Crippen molar-refractivity contribution in [2.45, 2.75) is 108 Å². The van der Waals surface area contributed by atoms with Gasteiger partial charge in [0.1, 0.15) is 49.0 Å². The minimum atomic E-state index is -1.46. The molecule has 0 aliphatic carbocycles. The summed E-state index contributed by atoms with van der Waals surface area (Å²) in [5.41, 5.74) is 2.13. The van der Waals surface area contributed by atoms with E-state index in [0.717, 1.165) is 35.6 Å². The fraction of sp³-hybridized carbons (Fsp3) is 0.585. The van der Waals surface area contributed by atoms with Crippen LogP contribution >= 0.6 is 0 Å². The second kappa shape index (κ2) is 21.9. The average molecular weight is 787 g/mol. The SMILES string of the molecule is CC1OC[C@@H](O)[C@H]([C@H](O)[C@@H](O)CN(CCCOc2ccc3cc(CCCCNC(=O)OCc4ccccc4)ccc3c2)C[C@H](O)[C@@H](O)[C@@H]2OC(C)OC[C@H]2O)O1. The van der Waals surface area contributed by atoms with Gasteiger partial charge in [0.2, 0.25) is 0 Å². The number of ether oxygens (including phenoxy) is 6. The van der Waals surface area contributed by atoms with Crippen molar-refractivity contribution < 1.29 is 63.9 Å². The Morgan fingerprint density at radius 1 is 0.786 bits per heavy atom. The first-order valence-corrected chi connectivity index (χ1v) is 19.4. The van der Waals surface area contributed by atoms with Gasteiger partial charge in [0.05, 0.1) is 32.0 Å². The number of aliphatic hydroxyl groups is 6. The van der Waals surface area contributed by atoms with Crippen molar-refractivity contribution in [2.75, 3.05) is 46.0 Å². The number of hydrogen-bond acceptors (Lipinski definition) is 14. The zero-order valence-electron chi connectivity index (χ0n) is 32.1. The van der Waals surface area contributed by atoms with E-state index < -0.39 is 67.5 Å². The van der Waals surface area contributed by atoms with Gasteiger partial charge < -0.3 is 64.4 Å². The predicted molar refractivity (Wildman–Crippen MR) is 205 cm³/mol. The Hall–Kier alpha value is -3.45. The lowest BCUT2D eigenvalue weighted by atomic mass is 10.00. The number of nitrogens with one attached hydrogen (secondary N) is 1. The molecule has 0 radical (unpaired) electrons. The van der Waals surface area contributed by atoms with Gasteiger partial charge in [-0.3, -0.25) is 4.90 Å². The van der Waals surface area contributed by atoms with E-state index in [1.807, 2.05) is 48.5 Å². The third-order valence-electron chi connectivity index (χ3n) is 9.95. The van der Waals surface area contributed by atoms with Gasteiger partial charge in [-0.05, 0) is 73.6 Å². The smallest absolute Gasteiger partial charge is 0.407 e. The highest BCUT2D eigenvalue weighted by molar-refractivity contribution is 5.84. The number of fused-ring (bicyclic) bond motifs is 1. The van der Waals surface area contributed by atoms with Crippen molar-refractivity contribution >= 4 is 16.9 Å². The Labute approximate surface area is 327 Å².